The number of hydrogen-bond donors (Lipinski definition) is 2. The van der Waals surface area contributed by atoms with Crippen LogP contribution < -0.4 is 10.0 Å². The summed E-state index contributed by atoms with van der Waals surface area (Å²) in [5, 5.41) is 3.32. The van der Waals surface area contributed by atoms with Gasteiger partial charge in [-0.15, -0.1) is 0 Å². The van der Waals surface area contributed by atoms with Gasteiger partial charge >= 0.3 is 0 Å². The van der Waals surface area contributed by atoms with Gasteiger partial charge in [-0.2, -0.15) is 0 Å². The van der Waals surface area contributed by atoms with E-state index in [0.717, 1.165) is 19.4 Å². The van der Waals surface area contributed by atoms with E-state index in [-0.39, 0.29) is 6.04 Å². The SMILES string of the molecule is O=S(=O)(NCC1CCCCN1)c1ccccc1Br. The minimum atomic E-state index is -3.43. The molecule has 1 aromatic carbocycles. The number of rotatable bonds is 4. The molecule has 1 aromatic rings. The Labute approximate surface area is 116 Å². The monoisotopic (exact) mass is 332 g/mol. The summed E-state index contributed by atoms with van der Waals surface area (Å²) in [5.41, 5.74) is 0. The smallest absolute Gasteiger partial charge is 0.241 e. The van der Waals surface area contributed by atoms with Gasteiger partial charge in [-0.05, 0) is 47.4 Å². The van der Waals surface area contributed by atoms with Crippen molar-refractivity contribution in [1.29, 1.82) is 0 Å². The van der Waals surface area contributed by atoms with E-state index in [9.17, 15) is 8.42 Å². The zero-order chi connectivity index (χ0) is 13.0. The van der Waals surface area contributed by atoms with E-state index in [1.807, 2.05) is 0 Å². The van der Waals surface area contributed by atoms with E-state index in [0.29, 0.717) is 15.9 Å². The van der Waals surface area contributed by atoms with Crippen molar-refractivity contribution < 1.29 is 8.42 Å². The lowest BCUT2D eigenvalue weighted by atomic mass is 10.1. The van der Waals surface area contributed by atoms with Crippen molar-refractivity contribution in [1.82, 2.24) is 10.0 Å². The van der Waals surface area contributed by atoms with Gasteiger partial charge in [0, 0.05) is 17.1 Å². The Morgan fingerprint density at radius 3 is 2.78 bits per heavy atom. The van der Waals surface area contributed by atoms with E-state index in [1.165, 1.54) is 6.42 Å². The number of piperidine rings is 1. The second-order valence-corrected chi connectivity index (χ2v) is 7.02. The summed E-state index contributed by atoms with van der Waals surface area (Å²) < 4.78 is 27.5. The highest BCUT2D eigenvalue weighted by Crippen LogP contribution is 2.20. The Morgan fingerprint density at radius 2 is 2.11 bits per heavy atom. The van der Waals surface area contributed by atoms with Crippen LogP contribution in [0.1, 0.15) is 19.3 Å². The van der Waals surface area contributed by atoms with Crippen molar-refractivity contribution in [2.24, 2.45) is 0 Å². The molecule has 0 aromatic heterocycles. The minimum Gasteiger partial charge on any atom is -0.313 e. The summed E-state index contributed by atoms with van der Waals surface area (Å²) >= 11 is 3.26. The maximum Gasteiger partial charge on any atom is 0.241 e. The zero-order valence-corrected chi connectivity index (χ0v) is 12.4. The van der Waals surface area contributed by atoms with Crippen molar-refractivity contribution in [3.8, 4) is 0 Å². The van der Waals surface area contributed by atoms with Crippen molar-refractivity contribution >= 4 is 26.0 Å². The topological polar surface area (TPSA) is 58.2 Å². The average molecular weight is 333 g/mol. The first-order chi connectivity index (χ1) is 8.59. The molecule has 0 amide bonds. The molecule has 1 aliphatic heterocycles. The molecule has 1 atom stereocenters. The van der Waals surface area contributed by atoms with Gasteiger partial charge in [0.15, 0.2) is 0 Å². The number of nitrogens with one attached hydrogen (secondary N) is 2. The quantitative estimate of drug-likeness (QED) is 0.884. The fourth-order valence-corrected chi connectivity index (χ4v) is 4.13. The molecule has 6 heteroatoms. The zero-order valence-electron chi connectivity index (χ0n) is 10.0. The number of hydrogen-bond acceptors (Lipinski definition) is 3. The third-order valence-electron chi connectivity index (χ3n) is 3.06. The van der Waals surface area contributed by atoms with Crippen LogP contribution in [-0.4, -0.2) is 27.5 Å². The Balaban J connectivity index is 2.01. The van der Waals surface area contributed by atoms with Crippen LogP contribution in [0.3, 0.4) is 0 Å². The summed E-state index contributed by atoms with van der Waals surface area (Å²) in [4.78, 5) is 0.292. The van der Waals surface area contributed by atoms with E-state index in [1.54, 1.807) is 24.3 Å². The largest absolute Gasteiger partial charge is 0.313 e. The van der Waals surface area contributed by atoms with Gasteiger partial charge in [0.1, 0.15) is 0 Å². The molecule has 0 saturated carbocycles. The lowest BCUT2D eigenvalue weighted by molar-refractivity contribution is 0.398. The molecule has 1 aliphatic rings. The fraction of sp³-hybridized carbons (Fsp3) is 0.500. The van der Waals surface area contributed by atoms with Crippen molar-refractivity contribution in [2.75, 3.05) is 13.1 Å². The summed E-state index contributed by atoms with van der Waals surface area (Å²) in [5.74, 6) is 0. The summed E-state index contributed by atoms with van der Waals surface area (Å²) in [6, 6.07) is 7.09. The van der Waals surface area contributed by atoms with Crippen LogP contribution >= 0.6 is 15.9 Å². The van der Waals surface area contributed by atoms with Crippen molar-refractivity contribution in [3.63, 3.8) is 0 Å². The lowest BCUT2D eigenvalue weighted by Crippen LogP contribution is -2.43. The van der Waals surface area contributed by atoms with Crippen molar-refractivity contribution in [2.45, 2.75) is 30.2 Å². The van der Waals surface area contributed by atoms with Gasteiger partial charge in [-0.3, -0.25) is 0 Å². The lowest BCUT2D eigenvalue weighted by Gasteiger charge is -2.23. The van der Waals surface area contributed by atoms with Crippen LogP contribution in [0.15, 0.2) is 33.6 Å². The normalized spacial score (nSPS) is 20.8. The first kappa shape index (κ1) is 14.0. The highest BCUT2D eigenvalue weighted by Gasteiger charge is 2.19. The Hall–Kier alpha value is -0.430. The first-order valence-electron chi connectivity index (χ1n) is 6.07. The number of benzene rings is 1. The standard InChI is InChI=1S/C12H17BrN2O2S/c13-11-6-1-2-7-12(11)18(16,17)15-9-10-5-3-4-8-14-10/h1-2,6-7,10,14-15H,3-5,8-9H2. The van der Waals surface area contributed by atoms with Gasteiger partial charge in [0.2, 0.25) is 10.0 Å². The molecule has 1 heterocycles. The first-order valence-corrected chi connectivity index (χ1v) is 8.35. The maximum atomic E-state index is 12.1. The summed E-state index contributed by atoms with van der Waals surface area (Å²) in [7, 11) is -3.43. The van der Waals surface area contributed by atoms with Crippen molar-refractivity contribution in [3.05, 3.63) is 28.7 Å². The molecular formula is C12H17BrN2O2S. The molecular weight excluding hydrogens is 316 g/mol. The molecule has 18 heavy (non-hydrogen) atoms. The molecule has 2 rings (SSSR count). The Morgan fingerprint density at radius 1 is 1.33 bits per heavy atom. The van der Waals surface area contributed by atoms with Crippen LogP contribution in [0.2, 0.25) is 0 Å². The molecule has 2 N–H and O–H groups in total. The van der Waals surface area contributed by atoms with Crippen LogP contribution in [0, 0.1) is 0 Å². The molecule has 1 saturated heterocycles. The molecule has 0 aliphatic carbocycles. The Kier molecular flexibility index (Phi) is 4.77. The minimum absolute atomic E-state index is 0.246. The van der Waals surface area contributed by atoms with Gasteiger partial charge in [-0.1, -0.05) is 18.6 Å². The third kappa shape index (κ3) is 3.54. The van der Waals surface area contributed by atoms with Gasteiger partial charge < -0.3 is 5.32 Å². The Bertz CT molecular complexity index is 499. The molecule has 1 unspecified atom stereocenters. The average Bonchev–Trinajstić information content (AvgIpc) is 2.38. The second-order valence-electron chi connectivity index (χ2n) is 4.43. The molecule has 0 bridgehead atoms. The highest BCUT2D eigenvalue weighted by atomic mass is 79.9. The highest BCUT2D eigenvalue weighted by molar-refractivity contribution is 9.10. The molecule has 4 nitrogen and oxygen atoms in total. The molecule has 0 radical (unpaired) electrons. The van der Waals surface area contributed by atoms with Gasteiger partial charge in [0.05, 0.1) is 4.90 Å². The van der Waals surface area contributed by atoms with E-state index >= 15 is 0 Å². The van der Waals surface area contributed by atoms with Crippen LogP contribution in [0.4, 0.5) is 0 Å². The number of halogens is 1. The molecule has 100 valence electrons. The fourth-order valence-electron chi connectivity index (χ4n) is 2.05. The second kappa shape index (κ2) is 6.14. The van der Waals surface area contributed by atoms with E-state index in [2.05, 4.69) is 26.0 Å². The predicted octanol–water partition coefficient (Wildman–Crippen LogP) is 1.87. The van der Waals surface area contributed by atoms with E-state index in [4.69, 9.17) is 0 Å². The summed E-state index contributed by atoms with van der Waals surface area (Å²) in [6.45, 7) is 1.42. The van der Waals surface area contributed by atoms with Gasteiger partial charge in [-0.25, -0.2) is 13.1 Å². The van der Waals surface area contributed by atoms with Crippen LogP contribution in [-0.2, 0) is 10.0 Å². The predicted molar refractivity (Wildman–Crippen MR) is 75.0 cm³/mol. The van der Waals surface area contributed by atoms with Gasteiger partial charge in [0.25, 0.3) is 0 Å². The molecule has 1 fully saturated rings. The number of sulfonamides is 1. The van der Waals surface area contributed by atoms with Crippen LogP contribution in [0.25, 0.3) is 0 Å². The van der Waals surface area contributed by atoms with Crippen LogP contribution in [0.5, 0.6) is 0 Å². The van der Waals surface area contributed by atoms with E-state index < -0.39 is 10.0 Å². The molecule has 0 spiro atoms. The summed E-state index contributed by atoms with van der Waals surface area (Å²) in [6.07, 6.45) is 3.36. The third-order valence-corrected chi connectivity index (χ3v) is 5.49. The maximum absolute atomic E-state index is 12.1.